The number of likely N-dealkylation sites (tertiary alicyclic amines) is 1. The number of thiophene rings is 1. The number of nitrogens with zero attached hydrogens (tertiary/aromatic N) is 3. The summed E-state index contributed by atoms with van der Waals surface area (Å²) in [5.74, 6) is 1.37. The van der Waals surface area contributed by atoms with Crippen LogP contribution in [0.15, 0.2) is 52.4 Å². The number of benzene rings is 1. The SMILES string of the molecule is c1ccc(COC2CCN(Cc3nc(-c4cccs4)no3)CC2)cc1. The molecule has 130 valence electrons. The van der Waals surface area contributed by atoms with Gasteiger partial charge >= 0.3 is 0 Å². The molecule has 5 nitrogen and oxygen atoms in total. The Morgan fingerprint density at radius 3 is 2.72 bits per heavy atom. The van der Waals surface area contributed by atoms with Crippen LogP contribution in [0.25, 0.3) is 10.7 Å². The summed E-state index contributed by atoms with van der Waals surface area (Å²) in [5.41, 5.74) is 1.23. The highest BCUT2D eigenvalue weighted by molar-refractivity contribution is 7.13. The van der Waals surface area contributed by atoms with Gasteiger partial charge in [-0.2, -0.15) is 4.98 Å². The molecule has 4 rings (SSSR count). The van der Waals surface area contributed by atoms with Crippen LogP contribution in [0.3, 0.4) is 0 Å². The average molecular weight is 355 g/mol. The second kappa shape index (κ2) is 7.91. The maximum atomic E-state index is 6.04. The van der Waals surface area contributed by atoms with Gasteiger partial charge in [-0.25, -0.2) is 0 Å². The van der Waals surface area contributed by atoms with Gasteiger partial charge in [0.1, 0.15) is 0 Å². The summed E-state index contributed by atoms with van der Waals surface area (Å²) in [7, 11) is 0. The number of ether oxygens (including phenoxy) is 1. The molecule has 1 aliphatic rings. The van der Waals surface area contributed by atoms with E-state index in [2.05, 4.69) is 39.3 Å². The molecule has 2 aromatic heterocycles. The first-order valence-electron chi connectivity index (χ1n) is 8.61. The average Bonchev–Trinajstić information content (AvgIpc) is 3.34. The summed E-state index contributed by atoms with van der Waals surface area (Å²) >= 11 is 1.62. The van der Waals surface area contributed by atoms with E-state index in [9.17, 15) is 0 Å². The van der Waals surface area contributed by atoms with Gasteiger partial charge < -0.3 is 9.26 Å². The zero-order valence-electron chi connectivity index (χ0n) is 14.0. The molecule has 0 bridgehead atoms. The van der Waals surface area contributed by atoms with Crippen LogP contribution >= 0.6 is 11.3 Å². The summed E-state index contributed by atoms with van der Waals surface area (Å²) in [6.45, 7) is 3.40. The van der Waals surface area contributed by atoms with Crippen LogP contribution in [0.4, 0.5) is 0 Å². The minimum Gasteiger partial charge on any atom is -0.373 e. The third-order valence-electron chi connectivity index (χ3n) is 4.43. The molecule has 1 saturated heterocycles. The van der Waals surface area contributed by atoms with E-state index in [1.165, 1.54) is 5.56 Å². The van der Waals surface area contributed by atoms with E-state index in [-0.39, 0.29) is 0 Å². The molecular weight excluding hydrogens is 334 g/mol. The summed E-state index contributed by atoms with van der Waals surface area (Å²) < 4.78 is 11.4. The van der Waals surface area contributed by atoms with E-state index in [1.807, 2.05) is 23.6 Å². The first kappa shape index (κ1) is 16.4. The molecule has 1 aromatic carbocycles. The fraction of sp³-hybridized carbons (Fsp3) is 0.368. The van der Waals surface area contributed by atoms with Crippen LogP contribution < -0.4 is 0 Å². The van der Waals surface area contributed by atoms with Gasteiger partial charge in [-0.05, 0) is 29.9 Å². The third kappa shape index (κ3) is 4.34. The Bertz CT molecular complexity index is 765. The first-order valence-corrected chi connectivity index (χ1v) is 9.49. The maximum Gasteiger partial charge on any atom is 0.241 e. The number of aromatic nitrogens is 2. The van der Waals surface area contributed by atoms with Gasteiger partial charge in [-0.1, -0.05) is 41.6 Å². The van der Waals surface area contributed by atoms with Crippen LogP contribution in [-0.4, -0.2) is 34.2 Å². The number of hydrogen-bond acceptors (Lipinski definition) is 6. The van der Waals surface area contributed by atoms with Crippen molar-refractivity contribution in [3.8, 4) is 10.7 Å². The van der Waals surface area contributed by atoms with Crippen molar-refractivity contribution in [3.63, 3.8) is 0 Å². The highest BCUT2D eigenvalue weighted by atomic mass is 32.1. The minimum absolute atomic E-state index is 0.334. The lowest BCUT2D eigenvalue weighted by Gasteiger charge is -2.30. The molecule has 0 radical (unpaired) electrons. The smallest absolute Gasteiger partial charge is 0.241 e. The van der Waals surface area contributed by atoms with Crippen molar-refractivity contribution in [2.75, 3.05) is 13.1 Å². The molecule has 3 heterocycles. The quantitative estimate of drug-likeness (QED) is 0.669. The van der Waals surface area contributed by atoms with Crippen LogP contribution in [0, 0.1) is 0 Å². The highest BCUT2D eigenvalue weighted by Gasteiger charge is 2.21. The Morgan fingerprint density at radius 2 is 1.96 bits per heavy atom. The second-order valence-corrected chi connectivity index (χ2v) is 7.21. The molecule has 3 aromatic rings. The molecule has 0 spiro atoms. The largest absolute Gasteiger partial charge is 0.373 e. The predicted octanol–water partition coefficient (Wildman–Crippen LogP) is 3.98. The first-order chi connectivity index (χ1) is 12.4. The van der Waals surface area contributed by atoms with Gasteiger partial charge in [0.25, 0.3) is 0 Å². The van der Waals surface area contributed by atoms with Crippen molar-refractivity contribution < 1.29 is 9.26 Å². The van der Waals surface area contributed by atoms with Crippen molar-refractivity contribution >= 4 is 11.3 Å². The van der Waals surface area contributed by atoms with E-state index in [4.69, 9.17) is 9.26 Å². The molecule has 0 saturated carbocycles. The Hall–Kier alpha value is -2.02. The molecule has 0 unspecified atom stereocenters. The van der Waals surface area contributed by atoms with Crippen molar-refractivity contribution in [2.45, 2.75) is 32.1 Å². The van der Waals surface area contributed by atoms with Crippen molar-refractivity contribution in [2.24, 2.45) is 0 Å². The van der Waals surface area contributed by atoms with Crippen molar-refractivity contribution in [1.29, 1.82) is 0 Å². The predicted molar refractivity (Wildman–Crippen MR) is 97.1 cm³/mol. The molecule has 0 amide bonds. The summed E-state index contributed by atoms with van der Waals surface area (Å²) in [6, 6.07) is 14.4. The molecular formula is C19H21N3O2S. The van der Waals surface area contributed by atoms with Crippen LogP contribution in [0.1, 0.15) is 24.3 Å². The van der Waals surface area contributed by atoms with E-state index in [0.717, 1.165) is 30.8 Å². The summed E-state index contributed by atoms with van der Waals surface area (Å²) in [6.07, 6.45) is 2.41. The van der Waals surface area contributed by atoms with E-state index in [1.54, 1.807) is 11.3 Å². The molecule has 6 heteroatoms. The lowest BCUT2D eigenvalue weighted by atomic mass is 10.1. The molecule has 0 atom stereocenters. The fourth-order valence-corrected chi connectivity index (χ4v) is 3.69. The van der Waals surface area contributed by atoms with Crippen LogP contribution in [-0.2, 0) is 17.9 Å². The van der Waals surface area contributed by atoms with Crippen LogP contribution in [0.5, 0.6) is 0 Å². The Balaban J connectivity index is 1.24. The van der Waals surface area contributed by atoms with E-state index in [0.29, 0.717) is 31.0 Å². The standard InChI is InChI=1S/C19H21N3O2S/c1-2-5-15(6-3-1)14-23-16-8-10-22(11-9-16)13-18-20-19(21-24-18)17-7-4-12-25-17/h1-7,12,16H,8-11,13-14H2. The number of hydrogen-bond donors (Lipinski definition) is 0. The monoisotopic (exact) mass is 355 g/mol. The van der Waals surface area contributed by atoms with Gasteiger partial charge in [-0.15, -0.1) is 11.3 Å². The van der Waals surface area contributed by atoms with Gasteiger partial charge in [0.05, 0.1) is 24.1 Å². The van der Waals surface area contributed by atoms with Gasteiger partial charge in [0.15, 0.2) is 0 Å². The van der Waals surface area contributed by atoms with E-state index >= 15 is 0 Å². The van der Waals surface area contributed by atoms with Gasteiger partial charge in [0, 0.05) is 13.1 Å². The second-order valence-electron chi connectivity index (χ2n) is 6.26. The van der Waals surface area contributed by atoms with E-state index < -0.39 is 0 Å². The third-order valence-corrected chi connectivity index (χ3v) is 5.30. The van der Waals surface area contributed by atoms with Gasteiger partial charge in [0.2, 0.25) is 11.7 Å². The normalized spacial score (nSPS) is 16.3. The summed E-state index contributed by atoms with van der Waals surface area (Å²) in [4.78, 5) is 7.90. The Labute approximate surface area is 151 Å². The summed E-state index contributed by atoms with van der Waals surface area (Å²) in [5, 5.41) is 6.09. The lowest BCUT2D eigenvalue weighted by Crippen LogP contribution is -2.36. The molecule has 1 aliphatic heterocycles. The molecule has 25 heavy (non-hydrogen) atoms. The number of rotatable bonds is 6. The Morgan fingerprint density at radius 1 is 1.12 bits per heavy atom. The van der Waals surface area contributed by atoms with Crippen molar-refractivity contribution in [3.05, 3.63) is 59.3 Å². The molecule has 0 aliphatic carbocycles. The zero-order valence-corrected chi connectivity index (χ0v) is 14.8. The zero-order chi connectivity index (χ0) is 16.9. The highest BCUT2D eigenvalue weighted by Crippen LogP contribution is 2.22. The number of piperidine rings is 1. The fourth-order valence-electron chi connectivity index (χ4n) is 3.04. The Kier molecular flexibility index (Phi) is 5.20. The van der Waals surface area contributed by atoms with Crippen molar-refractivity contribution in [1.82, 2.24) is 15.0 Å². The van der Waals surface area contributed by atoms with Gasteiger partial charge in [-0.3, -0.25) is 4.90 Å². The lowest BCUT2D eigenvalue weighted by molar-refractivity contribution is -0.00555. The maximum absolute atomic E-state index is 6.04. The molecule has 0 N–H and O–H groups in total. The topological polar surface area (TPSA) is 51.4 Å². The van der Waals surface area contributed by atoms with Crippen LogP contribution in [0.2, 0.25) is 0 Å². The molecule has 1 fully saturated rings. The minimum atomic E-state index is 0.334.